The van der Waals surface area contributed by atoms with Crippen molar-refractivity contribution in [1.82, 2.24) is 25.2 Å². The maximum atomic E-state index is 14.2. The average Bonchev–Trinajstić information content (AvgIpc) is 3.56. The predicted molar refractivity (Wildman–Crippen MR) is 149 cm³/mol. The molecule has 3 fully saturated rings. The molecule has 2 saturated carbocycles. The van der Waals surface area contributed by atoms with Gasteiger partial charge in [0.1, 0.15) is 11.6 Å². The molecule has 1 saturated heterocycles. The molecular formula is C29H48N6O5. The first-order valence-electron chi connectivity index (χ1n) is 15.0. The second-order valence-electron chi connectivity index (χ2n) is 13.6. The first-order valence-corrected chi connectivity index (χ1v) is 15.0. The van der Waals surface area contributed by atoms with Gasteiger partial charge in [0.2, 0.25) is 17.7 Å². The summed E-state index contributed by atoms with van der Waals surface area (Å²) in [6.45, 7) is 7.46. The van der Waals surface area contributed by atoms with Crippen molar-refractivity contribution in [2.24, 2.45) is 17.1 Å². The quantitative estimate of drug-likeness (QED) is 0.360. The van der Waals surface area contributed by atoms with Gasteiger partial charge in [-0.1, -0.05) is 70.4 Å². The molecule has 224 valence electrons. The Bertz CT molecular complexity index is 1070. The lowest BCUT2D eigenvalue weighted by Gasteiger charge is -2.42. The van der Waals surface area contributed by atoms with Crippen LogP contribution < -0.4 is 11.1 Å². The molecule has 1 aliphatic heterocycles. The van der Waals surface area contributed by atoms with E-state index in [0.717, 1.165) is 38.5 Å². The molecule has 2 aliphatic carbocycles. The summed E-state index contributed by atoms with van der Waals surface area (Å²) in [5.74, 6) is -0.896. The SMILES string of the molecule is CC(C)(CC1CCCCC1)C(=O)N1C[C@@H](n2nncc2C(C)(C)O)C[C@H]1C(=O)NC1(C(O)C(N)=O)CCCCC1. The molecule has 0 radical (unpaired) electrons. The van der Waals surface area contributed by atoms with E-state index in [1.807, 2.05) is 13.8 Å². The summed E-state index contributed by atoms with van der Waals surface area (Å²) in [6.07, 6.45) is 10.2. The maximum absolute atomic E-state index is 14.2. The molecule has 0 bridgehead atoms. The van der Waals surface area contributed by atoms with Gasteiger partial charge in [0.25, 0.3) is 0 Å². The summed E-state index contributed by atoms with van der Waals surface area (Å²) in [7, 11) is 0. The number of aliphatic hydroxyl groups excluding tert-OH is 1. The Kier molecular flexibility index (Phi) is 8.94. The first kappa shape index (κ1) is 30.4. The minimum absolute atomic E-state index is 0.0983. The minimum atomic E-state index is -1.52. The zero-order valence-corrected chi connectivity index (χ0v) is 24.6. The number of aliphatic hydroxyl groups is 2. The van der Waals surface area contributed by atoms with E-state index in [0.29, 0.717) is 24.5 Å². The highest BCUT2D eigenvalue weighted by Crippen LogP contribution is 2.40. The minimum Gasteiger partial charge on any atom is -0.384 e. The molecule has 2 heterocycles. The topological polar surface area (TPSA) is 164 Å². The second kappa shape index (κ2) is 11.8. The van der Waals surface area contributed by atoms with Crippen LogP contribution in [0.2, 0.25) is 0 Å². The van der Waals surface area contributed by atoms with Crippen molar-refractivity contribution < 1.29 is 24.6 Å². The van der Waals surface area contributed by atoms with Crippen molar-refractivity contribution in [3.8, 4) is 0 Å². The fourth-order valence-electron chi connectivity index (χ4n) is 7.25. The van der Waals surface area contributed by atoms with Crippen LogP contribution in [0.4, 0.5) is 0 Å². The lowest BCUT2D eigenvalue weighted by atomic mass is 9.75. The highest BCUT2D eigenvalue weighted by atomic mass is 16.3. The zero-order chi connectivity index (χ0) is 29.3. The van der Waals surface area contributed by atoms with Crippen LogP contribution in [0, 0.1) is 11.3 Å². The van der Waals surface area contributed by atoms with Gasteiger partial charge in [-0.15, -0.1) is 5.10 Å². The summed E-state index contributed by atoms with van der Waals surface area (Å²) in [6, 6.07) is -1.21. The van der Waals surface area contributed by atoms with Crippen LogP contribution in [0.1, 0.15) is 116 Å². The van der Waals surface area contributed by atoms with E-state index >= 15 is 0 Å². The zero-order valence-electron chi connectivity index (χ0n) is 24.6. The molecule has 1 unspecified atom stereocenters. The third-order valence-electron chi connectivity index (χ3n) is 9.40. The molecule has 0 aromatic carbocycles. The van der Waals surface area contributed by atoms with Crippen molar-refractivity contribution >= 4 is 17.7 Å². The van der Waals surface area contributed by atoms with Crippen molar-refractivity contribution in [2.45, 2.75) is 134 Å². The molecule has 40 heavy (non-hydrogen) atoms. The fourth-order valence-corrected chi connectivity index (χ4v) is 7.25. The lowest BCUT2D eigenvalue weighted by Crippen LogP contribution is -2.64. The summed E-state index contributed by atoms with van der Waals surface area (Å²) in [5.41, 5.74) is 2.96. The van der Waals surface area contributed by atoms with Gasteiger partial charge < -0.3 is 26.2 Å². The summed E-state index contributed by atoms with van der Waals surface area (Å²) >= 11 is 0. The van der Waals surface area contributed by atoms with Crippen molar-refractivity contribution in [3.05, 3.63) is 11.9 Å². The van der Waals surface area contributed by atoms with Crippen LogP contribution in [0.5, 0.6) is 0 Å². The van der Waals surface area contributed by atoms with Crippen molar-refractivity contribution in [2.75, 3.05) is 6.54 Å². The van der Waals surface area contributed by atoms with Crippen LogP contribution in [0.25, 0.3) is 0 Å². The second-order valence-corrected chi connectivity index (χ2v) is 13.6. The number of hydrogen-bond donors (Lipinski definition) is 4. The largest absolute Gasteiger partial charge is 0.384 e. The molecule has 3 aliphatic rings. The van der Waals surface area contributed by atoms with Crippen molar-refractivity contribution in [1.29, 1.82) is 0 Å². The van der Waals surface area contributed by atoms with Gasteiger partial charge in [-0.2, -0.15) is 0 Å². The number of carbonyl (C=O) groups is 3. The Morgan fingerprint density at radius 3 is 2.33 bits per heavy atom. The molecule has 1 aromatic rings. The summed E-state index contributed by atoms with van der Waals surface area (Å²) < 4.78 is 1.62. The van der Waals surface area contributed by atoms with E-state index in [1.54, 1.807) is 23.4 Å². The number of likely N-dealkylation sites (tertiary alicyclic amines) is 1. The Morgan fingerprint density at radius 2 is 1.73 bits per heavy atom. The summed E-state index contributed by atoms with van der Waals surface area (Å²) in [4.78, 5) is 41.9. The van der Waals surface area contributed by atoms with Gasteiger partial charge in [-0.25, -0.2) is 4.68 Å². The number of rotatable bonds is 9. The number of amides is 3. The van der Waals surface area contributed by atoms with Crippen LogP contribution in [-0.4, -0.2) is 72.1 Å². The molecule has 1 aromatic heterocycles. The molecule has 0 spiro atoms. The normalized spacial score (nSPS) is 25.0. The number of nitrogens with zero attached hydrogens (tertiary/aromatic N) is 4. The Hall–Kier alpha value is -2.53. The number of aromatic nitrogens is 3. The monoisotopic (exact) mass is 560 g/mol. The lowest BCUT2D eigenvalue weighted by molar-refractivity contribution is -0.148. The first-order chi connectivity index (χ1) is 18.7. The molecule has 3 amide bonds. The van der Waals surface area contributed by atoms with E-state index in [2.05, 4.69) is 15.6 Å². The molecule has 4 rings (SSSR count). The van der Waals surface area contributed by atoms with E-state index in [1.165, 1.54) is 25.5 Å². The highest BCUT2D eigenvalue weighted by Gasteiger charge is 2.50. The standard InChI is InChI=1S/C29H48N6O5/c1-27(2,16-19-11-7-5-8-12-19)26(39)34-18-20(35-22(17-31-33-35)28(3,4)40)15-21(34)25(38)32-29(23(36)24(30)37)13-9-6-10-14-29/h17,19-21,23,36,40H,5-16,18H2,1-4H3,(H2,30,37)(H,32,38)/t20-,21-,23?/m0/s1. The Balaban J connectivity index is 1.63. The molecule has 3 atom stereocenters. The van der Waals surface area contributed by atoms with Gasteiger partial charge in [0, 0.05) is 18.4 Å². The van der Waals surface area contributed by atoms with Crippen LogP contribution in [-0.2, 0) is 20.0 Å². The van der Waals surface area contributed by atoms with Crippen LogP contribution in [0.15, 0.2) is 6.20 Å². The fraction of sp³-hybridized carbons (Fsp3) is 0.828. The highest BCUT2D eigenvalue weighted by molar-refractivity contribution is 5.91. The average molecular weight is 561 g/mol. The molecule has 5 N–H and O–H groups in total. The molecular weight excluding hydrogens is 512 g/mol. The van der Waals surface area contributed by atoms with E-state index < -0.39 is 40.5 Å². The Labute approximate surface area is 237 Å². The van der Waals surface area contributed by atoms with Gasteiger partial charge in [-0.05, 0) is 39.0 Å². The molecule has 11 heteroatoms. The van der Waals surface area contributed by atoms with Crippen molar-refractivity contribution in [3.63, 3.8) is 0 Å². The van der Waals surface area contributed by atoms with Crippen LogP contribution >= 0.6 is 0 Å². The maximum Gasteiger partial charge on any atom is 0.248 e. The molecule has 11 nitrogen and oxygen atoms in total. The predicted octanol–water partition coefficient (Wildman–Crippen LogP) is 2.31. The third kappa shape index (κ3) is 6.35. The smallest absolute Gasteiger partial charge is 0.248 e. The van der Waals surface area contributed by atoms with Gasteiger partial charge in [0.15, 0.2) is 6.10 Å². The Morgan fingerprint density at radius 1 is 1.10 bits per heavy atom. The number of nitrogens with two attached hydrogens (primary N) is 1. The third-order valence-corrected chi connectivity index (χ3v) is 9.40. The number of carbonyl (C=O) groups excluding carboxylic acids is 3. The number of nitrogens with one attached hydrogen (secondary N) is 1. The van der Waals surface area contributed by atoms with Gasteiger partial charge in [-0.3, -0.25) is 14.4 Å². The van der Waals surface area contributed by atoms with Gasteiger partial charge in [0.05, 0.1) is 23.5 Å². The summed E-state index contributed by atoms with van der Waals surface area (Å²) in [5, 5.41) is 32.7. The van der Waals surface area contributed by atoms with E-state index in [4.69, 9.17) is 5.73 Å². The number of hydrogen-bond acceptors (Lipinski definition) is 7. The van der Waals surface area contributed by atoms with Crippen LogP contribution in [0.3, 0.4) is 0 Å². The van der Waals surface area contributed by atoms with Gasteiger partial charge >= 0.3 is 0 Å². The van der Waals surface area contributed by atoms with E-state index in [9.17, 15) is 24.6 Å². The number of primary amides is 1. The van der Waals surface area contributed by atoms with E-state index in [-0.39, 0.29) is 24.9 Å².